The molecule has 2 saturated heterocycles. The van der Waals surface area contributed by atoms with Crippen LogP contribution in [0, 0.1) is 0 Å². The van der Waals surface area contributed by atoms with Gasteiger partial charge in [-0.2, -0.15) is 4.31 Å². The van der Waals surface area contributed by atoms with Crippen molar-refractivity contribution in [3.63, 3.8) is 0 Å². The molecule has 2 aromatic heterocycles. The largest absolute Gasteiger partial charge is 0.381 e. The molecule has 0 unspecified atom stereocenters. The van der Waals surface area contributed by atoms with E-state index < -0.39 is 15.9 Å². The van der Waals surface area contributed by atoms with E-state index in [0.29, 0.717) is 34.6 Å². The summed E-state index contributed by atoms with van der Waals surface area (Å²) in [7, 11) is -3.53. The Morgan fingerprint density at radius 3 is 2.50 bits per heavy atom. The van der Waals surface area contributed by atoms with E-state index in [1.807, 2.05) is 12.1 Å². The van der Waals surface area contributed by atoms with Gasteiger partial charge in [-0.3, -0.25) is 4.79 Å². The predicted octanol–water partition coefficient (Wildman–Crippen LogP) is 2.46. The average Bonchev–Trinajstić information content (AvgIpc) is 3.32. The van der Waals surface area contributed by atoms with Gasteiger partial charge >= 0.3 is 0 Å². The standard InChI is InChI=1S/C21H23N5O3S/c22-20(27)18-12-24-21-17(8-9-23-21)19(18)25-13-10-14-6-7-15(11-13)26(14)30(28,29)16-4-2-1-3-5-16/h1-5,8-9,12-15H,6-7,10-11H2,(H2,22,27)(H2,23,24,25)/t14-,15-/m0/s1. The van der Waals surface area contributed by atoms with Crippen molar-refractivity contribution < 1.29 is 13.2 Å². The number of fused-ring (bicyclic) bond motifs is 3. The van der Waals surface area contributed by atoms with Crippen LogP contribution < -0.4 is 11.1 Å². The normalized spacial score (nSPS) is 24.2. The van der Waals surface area contributed by atoms with Crippen LogP contribution in [0.25, 0.3) is 11.0 Å². The molecule has 5 rings (SSSR count). The van der Waals surface area contributed by atoms with Gasteiger partial charge in [-0.25, -0.2) is 13.4 Å². The Morgan fingerprint density at radius 1 is 1.13 bits per heavy atom. The van der Waals surface area contributed by atoms with Crippen molar-refractivity contribution in [2.75, 3.05) is 5.32 Å². The summed E-state index contributed by atoms with van der Waals surface area (Å²) in [4.78, 5) is 19.6. The Kier molecular flexibility index (Phi) is 4.52. The van der Waals surface area contributed by atoms with Crippen molar-refractivity contribution in [2.45, 2.75) is 48.7 Å². The molecule has 0 aliphatic carbocycles. The minimum Gasteiger partial charge on any atom is -0.381 e. The quantitative estimate of drug-likeness (QED) is 0.580. The molecular formula is C21H23N5O3S. The van der Waals surface area contributed by atoms with Crippen LogP contribution >= 0.6 is 0 Å². The van der Waals surface area contributed by atoms with Crippen LogP contribution in [0.1, 0.15) is 36.0 Å². The van der Waals surface area contributed by atoms with E-state index >= 15 is 0 Å². The van der Waals surface area contributed by atoms with Gasteiger partial charge in [0.15, 0.2) is 0 Å². The fraction of sp³-hybridized carbons (Fsp3) is 0.333. The van der Waals surface area contributed by atoms with Crippen LogP contribution in [0.3, 0.4) is 0 Å². The lowest BCUT2D eigenvalue weighted by atomic mass is 9.98. The number of anilines is 1. The first-order valence-electron chi connectivity index (χ1n) is 10.1. The maximum absolute atomic E-state index is 13.2. The summed E-state index contributed by atoms with van der Waals surface area (Å²) in [5, 5.41) is 4.29. The van der Waals surface area contributed by atoms with Crippen LogP contribution in [-0.4, -0.2) is 46.7 Å². The number of H-pyrrole nitrogens is 1. The number of primary amides is 1. The first-order valence-corrected chi connectivity index (χ1v) is 11.5. The minimum atomic E-state index is -3.53. The Hall–Kier alpha value is -2.91. The molecule has 30 heavy (non-hydrogen) atoms. The van der Waals surface area contributed by atoms with E-state index in [1.165, 1.54) is 6.20 Å². The lowest BCUT2D eigenvalue weighted by Gasteiger charge is -2.38. The van der Waals surface area contributed by atoms with Gasteiger partial charge in [0, 0.05) is 35.9 Å². The fourth-order valence-electron chi connectivity index (χ4n) is 4.91. The van der Waals surface area contributed by atoms with E-state index in [2.05, 4.69) is 15.3 Å². The number of sulfonamides is 1. The van der Waals surface area contributed by atoms with Crippen LogP contribution in [0.4, 0.5) is 5.69 Å². The van der Waals surface area contributed by atoms with Crippen molar-refractivity contribution in [2.24, 2.45) is 5.73 Å². The Labute approximate surface area is 174 Å². The Balaban J connectivity index is 1.43. The van der Waals surface area contributed by atoms with Crippen LogP contribution in [0.15, 0.2) is 53.7 Å². The third-order valence-electron chi connectivity index (χ3n) is 6.19. The molecular weight excluding hydrogens is 402 g/mol. The zero-order valence-corrected chi connectivity index (χ0v) is 17.1. The summed E-state index contributed by atoms with van der Waals surface area (Å²) in [5.41, 5.74) is 7.25. The van der Waals surface area contributed by atoms with E-state index in [-0.39, 0.29) is 18.1 Å². The molecule has 156 valence electrons. The summed E-state index contributed by atoms with van der Waals surface area (Å²) < 4.78 is 28.2. The molecule has 8 nitrogen and oxygen atoms in total. The SMILES string of the molecule is NC(=O)c1cnc2[nH]ccc2c1NC1C[C@@H]2CC[C@@H](C1)N2S(=O)(=O)c1ccccc1. The maximum Gasteiger partial charge on any atom is 0.252 e. The van der Waals surface area contributed by atoms with E-state index in [4.69, 9.17) is 5.73 Å². The summed E-state index contributed by atoms with van der Waals surface area (Å²) in [5.74, 6) is -0.542. The number of nitrogens with two attached hydrogens (primary N) is 1. The van der Waals surface area contributed by atoms with Gasteiger partial charge in [0.2, 0.25) is 10.0 Å². The number of piperidine rings is 1. The summed E-state index contributed by atoms with van der Waals surface area (Å²) in [6.07, 6.45) is 6.28. The second-order valence-electron chi connectivity index (χ2n) is 8.00. The third kappa shape index (κ3) is 3.05. The number of pyridine rings is 1. The van der Waals surface area contributed by atoms with Crippen molar-refractivity contribution in [1.82, 2.24) is 14.3 Å². The Morgan fingerprint density at radius 2 is 1.83 bits per heavy atom. The molecule has 0 spiro atoms. The molecule has 2 atom stereocenters. The highest BCUT2D eigenvalue weighted by molar-refractivity contribution is 7.89. The van der Waals surface area contributed by atoms with Crippen molar-refractivity contribution >= 4 is 32.7 Å². The molecule has 1 aromatic carbocycles. The number of benzene rings is 1. The van der Waals surface area contributed by atoms with Gasteiger partial charge < -0.3 is 16.0 Å². The molecule has 4 heterocycles. The Bertz CT molecular complexity index is 1190. The zero-order chi connectivity index (χ0) is 20.9. The predicted molar refractivity (Wildman–Crippen MR) is 114 cm³/mol. The third-order valence-corrected chi connectivity index (χ3v) is 8.20. The number of aromatic amines is 1. The first-order chi connectivity index (χ1) is 14.4. The highest BCUT2D eigenvalue weighted by atomic mass is 32.2. The monoisotopic (exact) mass is 425 g/mol. The molecule has 2 aliphatic heterocycles. The second-order valence-corrected chi connectivity index (χ2v) is 9.84. The zero-order valence-electron chi connectivity index (χ0n) is 16.3. The molecule has 1 amide bonds. The minimum absolute atomic E-state index is 0.0447. The lowest BCUT2D eigenvalue weighted by Crippen LogP contribution is -2.49. The lowest BCUT2D eigenvalue weighted by molar-refractivity contribution is 0.100. The molecule has 3 aromatic rings. The number of nitrogens with one attached hydrogen (secondary N) is 2. The smallest absolute Gasteiger partial charge is 0.252 e. The fourth-order valence-corrected chi connectivity index (χ4v) is 6.83. The number of carbonyl (C=O) groups excluding carboxylic acids is 1. The number of nitrogens with zero attached hydrogens (tertiary/aromatic N) is 2. The van der Waals surface area contributed by atoms with Gasteiger partial charge in [0.1, 0.15) is 5.65 Å². The van der Waals surface area contributed by atoms with Crippen molar-refractivity contribution in [3.05, 3.63) is 54.4 Å². The topological polar surface area (TPSA) is 121 Å². The highest BCUT2D eigenvalue weighted by Crippen LogP contribution is 2.41. The molecule has 2 aliphatic rings. The van der Waals surface area contributed by atoms with Crippen molar-refractivity contribution in [3.8, 4) is 0 Å². The maximum atomic E-state index is 13.2. The second kappa shape index (κ2) is 7.10. The van der Waals surface area contributed by atoms with E-state index in [1.54, 1.807) is 34.8 Å². The number of aromatic nitrogens is 2. The molecule has 0 radical (unpaired) electrons. The van der Waals surface area contributed by atoms with Gasteiger partial charge in [-0.1, -0.05) is 18.2 Å². The molecule has 0 saturated carbocycles. The number of amides is 1. The summed E-state index contributed by atoms with van der Waals surface area (Å²) >= 11 is 0. The highest BCUT2D eigenvalue weighted by Gasteiger charge is 2.47. The summed E-state index contributed by atoms with van der Waals surface area (Å²) in [6.45, 7) is 0. The average molecular weight is 426 g/mol. The molecule has 9 heteroatoms. The van der Waals surface area contributed by atoms with E-state index in [0.717, 1.165) is 18.2 Å². The van der Waals surface area contributed by atoms with Crippen LogP contribution in [0.5, 0.6) is 0 Å². The van der Waals surface area contributed by atoms with Crippen LogP contribution in [0.2, 0.25) is 0 Å². The number of carbonyl (C=O) groups is 1. The first kappa shape index (κ1) is 19.1. The number of hydrogen-bond acceptors (Lipinski definition) is 5. The molecule has 2 fully saturated rings. The van der Waals surface area contributed by atoms with Gasteiger partial charge in [-0.15, -0.1) is 0 Å². The summed E-state index contributed by atoms with van der Waals surface area (Å²) in [6, 6.07) is 10.4. The van der Waals surface area contributed by atoms with Gasteiger partial charge in [-0.05, 0) is 43.9 Å². The molecule has 4 N–H and O–H groups in total. The number of rotatable bonds is 5. The molecule has 2 bridgehead atoms. The number of hydrogen-bond donors (Lipinski definition) is 3. The van der Waals surface area contributed by atoms with Gasteiger partial charge in [0.25, 0.3) is 5.91 Å². The van der Waals surface area contributed by atoms with Gasteiger partial charge in [0.05, 0.1) is 16.1 Å². The van der Waals surface area contributed by atoms with Crippen molar-refractivity contribution in [1.29, 1.82) is 0 Å². The van der Waals surface area contributed by atoms with Crippen LogP contribution in [-0.2, 0) is 10.0 Å². The van der Waals surface area contributed by atoms with E-state index in [9.17, 15) is 13.2 Å².